The first-order valence-electron chi connectivity index (χ1n) is 8.55. The number of esters is 1. The highest BCUT2D eigenvalue weighted by atomic mass is 16.6. The van der Waals surface area contributed by atoms with Crippen molar-refractivity contribution in [3.8, 4) is 0 Å². The molecule has 0 saturated carbocycles. The van der Waals surface area contributed by atoms with Gasteiger partial charge in [-0.25, -0.2) is 9.59 Å². The third kappa shape index (κ3) is 6.05. The molecule has 1 aromatic carbocycles. The van der Waals surface area contributed by atoms with Crippen LogP contribution in [0.15, 0.2) is 24.3 Å². The van der Waals surface area contributed by atoms with E-state index < -0.39 is 5.60 Å². The molecule has 0 spiro atoms. The summed E-state index contributed by atoms with van der Waals surface area (Å²) in [5, 5.41) is 0. The zero-order valence-electron chi connectivity index (χ0n) is 15.4. The summed E-state index contributed by atoms with van der Waals surface area (Å²) in [7, 11) is 1.36. The molecule has 6 nitrogen and oxygen atoms in total. The number of nitrogens with zero attached hydrogens (tertiary/aromatic N) is 1. The van der Waals surface area contributed by atoms with Crippen LogP contribution in [0.25, 0.3) is 0 Å². The predicted molar refractivity (Wildman–Crippen MR) is 93.4 cm³/mol. The van der Waals surface area contributed by atoms with E-state index in [-0.39, 0.29) is 18.2 Å². The smallest absolute Gasteiger partial charge is 0.410 e. The lowest BCUT2D eigenvalue weighted by atomic mass is 10.1. The molecule has 0 aromatic heterocycles. The van der Waals surface area contributed by atoms with Crippen molar-refractivity contribution in [1.82, 2.24) is 4.90 Å². The monoisotopic (exact) mass is 349 g/mol. The van der Waals surface area contributed by atoms with Gasteiger partial charge in [-0.15, -0.1) is 0 Å². The molecule has 1 saturated heterocycles. The Balaban J connectivity index is 1.75. The number of methoxy groups -OCH3 is 1. The molecular formula is C19H27NO5. The number of likely N-dealkylation sites (tertiary alicyclic amines) is 1. The number of carbonyl (C=O) groups excluding carboxylic acids is 2. The van der Waals surface area contributed by atoms with Crippen LogP contribution in [0.2, 0.25) is 0 Å². The Kier molecular flexibility index (Phi) is 6.42. The molecule has 0 atom stereocenters. The lowest BCUT2D eigenvalue weighted by molar-refractivity contribution is -0.0170. The highest BCUT2D eigenvalue weighted by Gasteiger charge is 2.27. The summed E-state index contributed by atoms with van der Waals surface area (Å²) in [5.74, 6) is -0.345. The number of rotatable bonds is 4. The van der Waals surface area contributed by atoms with Crippen molar-refractivity contribution in [3.05, 3.63) is 35.4 Å². The van der Waals surface area contributed by atoms with E-state index in [1.807, 2.05) is 32.9 Å². The molecule has 0 radical (unpaired) electrons. The maximum Gasteiger partial charge on any atom is 0.410 e. The van der Waals surface area contributed by atoms with Crippen LogP contribution >= 0.6 is 0 Å². The molecule has 0 aliphatic carbocycles. The van der Waals surface area contributed by atoms with Crippen molar-refractivity contribution in [3.63, 3.8) is 0 Å². The number of piperidine rings is 1. The van der Waals surface area contributed by atoms with Gasteiger partial charge in [-0.2, -0.15) is 0 Å². The molecule has 0 bridgehead atoms. The zero-order chi connectivity index (χ0) is 18.4. The van der Waals surface area contributed by atoms with Crippen LogP contribution in [0.5, 0.6) is 0 Å². The van der Waals surface area contributed by atoms with Crippen LogP contribution in [-0.4, -0.2) is 48.9 Å². The molecule has 1 fully saturated rings. The first-order chi connectivity index (χ1) is 11.8. The van der Waals surface area contributed by atoms with Gasteiger partial charge in [0.15, 0.2) is 0 Å². The van der Waals surface area contributed by atoms with Gasteiger partial charge in [-0.3, -0.25) is 0 Å². The molecule has 25 heavy (non-hydrogen) atoms. The molecule has 1 aromatic rings. The minimum absolute atomic E-state index is 0.124. The Morgan fingerprint density at radius 1 is 1.12 bits per heavy atom. The molecule has 6 heteroatoms. The van der Waals surface area contributed by atoms with Gasteiger partial charge < -0.3 is 19.1 Å². The molecule has 0 N–H and O–H groups in total. The number of amides is 1. The van der Waals surface area contributed by atoms with Gasteiger partial charge in [-0.1, -0.05) is 12.1 Å². The zero-order valence-corrected chi connectivity index (χ0v) is 15.4. The highest BCUT2D eigenvalue weighted by molar-refractivity contribution is 5.89. The maximum atomic E-state index is 12.0. The normalized spacial score (nSPS) is 15.8. The Labute approximate surface area is 149 Å². The first-order valence-corrected chi connectivity index (χ1v) is 8.55. The van der Waals surface area contributed by atoms with Crippen molar-refractivity contribution < 1.29 is 23.8 Å². The van der Waals surface area contributed by atoms with Crippen molar-refractivity contribution in [1.29, 1.82) is 0 Å². The lowest BCUT2D eigenvalue weighted by Crippen LogP contribution is -2.43. The van der Waals surface area contributed by atoms with Crippen molar-refractivity contribution in [2.24, 2.45) is 0 Å². The van der Waals surface area contributed by atoms with Gasteiger partial charge in [0.05, 0.1) is 25.4 Å². The lowest BCUT2D eigenvalue weighted by Gasteiger charge is -2.33. The Bertz CT molecular complexity index is 583. The van der Waals surface area contributed by atoms with Gasteiger partial charge in [0, 0.05) is 13.1 Å². The average molecular weight is 349 g/mol. The van der Waals surface area contributed by atoms with E-state index in [1.165, 1.54) is 7.11 Å². The maximum absolute atomic E-state index is 12.0. The van der Waals surface area contributed by atoms with Crippen LogP contribution in [0.3, 0.4) is 0 Å². The van der Waals surface area contributed by atoms with E-state index in [0.29, 0.717) is 25.3 Å². The fourth-order valence-electron chi connectivity index (χ4n) is 2.60. The second kappa shape index (κ2) is 8.34. The minimum atomic E-state index is -0.471. The van der Waals surface area contributed by atoms with E-state index >= 15 is 0 Å². The average Bonchev–Trinajstić information content (AvgIpc) is 2.58. The Morgan fingerprint density at radius 2 is 1.72 bits per heavy atom. The molecule has 1 heterocycles. The van der Waals surface area contributed by atoms with Gasteiger partial charge in [0.25, 0.3) is 0 Å². The fraction of sp³-hybridized carbons (Fsp3) is 0.579. The topological polar surface area (TPSA) is 65.1 Å². The van der Waals surface area contributed by atoms with Crippen molar-refractivity contribution in [2.45, 2.75) is 51.9 Å². The van der Waals surface area contributed by atoms with E-state index in [1.54, 1.807) is 17.0 Å². The highest BCUT2D eigenvalue weighted by Crippen LogP contribution is 2.18. The van der Waals surface area contributed by atoms with E-state index in [4.69, 9.17) is 9.47 Å². The Hall–Kier alpha value is -2.08. The predicted octanol–water partition coefficient (Wildman–Crippen LogP) is 3.39. The summed E-state index contributed by atoms with van der Waals surface area (Å²) in [6, 6.07) is 7.19. The summed E-state index contributed by atoms with van der Waals surface area (Å²) >= 11 is 0. The molecule has 1 aliphatic heterocycles. The third-order valence-corrected chi connectivity index (χ3v) is 3.95. The SMILES string of the molecule is COC(=O)c1ccc(COC2CCN(C(=O)OC(C)(C)C)CC2)cc1. The summed E-state index contributed by atoms with van der Waals surface area (Å²) in [6.07, 6.45) is 1.45. The number of benzene rings is 1. The van der Waals surface area contributed by atoms with Crippen LogP contribution < -0.4 is 0 Å². The molecule has 1 amide bonds. The standard InChI is InChI=1S/C19H27NO5/c1-19(2,3)25-18(22)20-11-9-16(10-12-20)24-13-14-5-7-15(8-6-14)17(21)23-4/h5-8,16H,9-13H2,1-4H3. The van der Waals surface area contributed by atoms with Gasteiger partial charge in [0.2, 0.25) is 0 Å². The second-order valence-electron chi connectivity index (χ2n) is 7.17. The molecule has 0 unspecified atom stereocenters. The fourth-order valence-corrected chi connectivity index (χ4v) is 2.60. The summed E-state index contributed by atoms with van der Waals surface area (Å²) in [6.45, 7) is 7.37. The van der Waals surface area contributed by atoms with Gasteiger partial charge in [-0.05, 0) is 51.3 Å². The molecule has 2 rings (SSSR count). The van der Waals surface area contributed by atoms with E-state index in [9.17, 15) is 9.59 Å². The van der Waals surface area contributed by atoms with Crippen molar-refractivity contribution in [2.75, 3.05) is 20.2 Å². The largest absolute Gasteiger partial charge is 0.465 e. The minimum Gasteiger partial charge on any atom is -0.465 e. The van der Waals surface area contributed by atoms with Crippen LogP contribution in [0.1, 0.15) is 49.5 Å². The molecule has 1 aliphatic rings. The number of carbonyl (C=O) groups is 2. The summed E-state index contributed by atoms with van der Waals surface area (Å²) in [4.78, 5) is 25.2. The number of hydrogen-bond acceptors (Lipinski definition) is 5. The van der Waals surface area contributed by atoms with Crippen LogP contribution in [0, 0.1) is 0 Å². The summed E-state index contributed by atoms with van der Waals surface area (Å²) in [5.41, 5.74) is 1.06. The van der Waals surface area contributed by atoms with Crippen molar-refractivity contribution >= 4 is 12.1 Å². The van der Waals surface area contributed by atoms with Gasteiger partial charge >= 0.3 is 12.1 Å². The number of ether oxygens (including phenoxy) is 3. The van der Waals surface area contributed by atoms with E-state index in [0.717, 1.165) is 18.4 Å². The molecule has 138 valence electrons. The first kappa shape index (κ1) is 19.2. The quantitative estimate of drug-likeness (QED) is 0.780. The van der Waals surface area contributed by atoms with E-state index in [2.05, 4.69) is 4.74 Å². The van der Waals surface area contributed by atoms with Crippen LogP contribution in [-0.2, 0) is 20.8 Å². The van der Waals surface area contributed by atoms with Crippen LogP contribution in [0.4, 0.5) is 4.79 Å². The summed E-state index contributed by atoms with van der Waals surface area (Å²) < 4.78 is 16.0. The third-order valence-electron chi connectivity index (χ3n) is 3.95. The molecular weight excluding hydrogens is 322 g/mol. The second-order valence-corrected chi connectivity index (χ2v) is 7.17. The van der Waals surface area contributed by atoms with Gasteiger partial charge in [0.1, 0.15) is 5.60 Å². The number of hydrogen-bond donors (Lipinski definition) is 0. The Morgan fingerprint density at radius 3 is 2.24 bits per heavy atom.